The van der Waals surface area contributed by atoms with Gasteiger partial charge in [-0.2, -0.15) is 0 Å². The summed E-state index contributed by atoms with van der Waals surface area (Å²) in [5.41, 5.74) is 3.35. The third-order valence-corrected chi connectivity index (χ3v) is 4.39. The number of hydrogen-bond donors (Lipinski definition) is 2. The van der Waals surface area contributed by atoms with E-state index in [-0.39, 0.29) is 11.8 Å². The standard InChI is InChI=1S/C19H26O2/c1-4-6-14-8-10-19(21)17(12-14)15-9-11-18(20)16(7-5-2)13(15)3/h8-13,15,20-21H,4-7H2,1-3H3. The highest BCUT2D eigenvalue weighted by Gasteiger charge is 2.27. The maximum absolute atomic E-state index is 10.2. The van der Waals surface area contributed by atoms with Crippen LogP contribution in [-0.2, 0) is 6.42 Å². The van der Waals surface area contributed by atoms with E-state index in [1.165, 1.54) is 5.56 Å². The van der Waals surface area contributed by atoms with Crippen molar-refractivity contribution in [2.45, 2.75) is 52.4 Å². The third kappa shape index (κ3) is 3.31. The van der Waals surface area contributed by atoms with E-state index in [1.54, 1.807) is 12.1 Å². The maximum Gasteiger partial charge on any atom is 0.119 e. The molecule has 0 saturated heterocycles. The summed E-state index contributed by atoms with van der Waals surface area (Å²) in [7, 11) is 0. The zero-order valence-corrected chi connectivity index (χ0v) is 13.3. The molecule has 0 amide bonds. The van der Waals surface area contributed by atoms with Crippen LogP contribution < -0.4 is 0 Å². The van der Waals surface area contributed by atoms with Gasteiger partial charge in [-0.1, -0.05) is 51.8 Å². The van der Waals surface area contributed by atoms with Crippen molar-refractivity contribution in [1.29, 1.82) is 0 Å². The molecule has 2 rings (SSSR count). The van der Waals surface area contributed by atoms with E-state index in [9.17, 15) is 10.2 Å². The lowest BCUT2D eigenvalue weighted by atomic mass is 9.76. The van der Waals surface area contributed by atoms with Crippen LogP contribution in [0.25, 0.3) is 0 Å². The van der Waals surface area contributed by atoms with Crippen molar-refractivity contribution < 1.29 is 10.2 Å². The van der Waals surface area contributed by atoms with E-state index in [2.05, 4.69) is 26.8 Å². The third-order valence-electron chi connectivity index (χ3n) is 4.39. The quantitative estimate of drug-likeness (QED) is 0.776. The molecule has 0 bridgehead atoms. The molecule has 0 aromatic heterocycles. The molecule has 0 heterocycles. The summed E-state index contributed by atoms with van der Waals surface area (Å²) in [5, 5.41) is 20.3. The van der Waals surface area contributed by atoms with Crippen LogP contribution in [0.15, 0.2) is 41.7 Å². The normalized spacial score (nSPS) is 21.9. The molecule has 2 atom stereocenters. The summed E-state index contributed by atoms with van der Waals surface area (Å²) < 4.78 is 0. The first-order valence-corrected chi connectivity index (χ1v) is 8.00. The number of phenolic OH excluding ortho intramolecular Hbond substituents is 1. The zero-order chi connectivity index (χ0) is 15.4. The minimum absolute atomic E-state index is 0.138. The van der Waals surface area contributed by atoms with Gasteiger partial charge in [0.05, 0.1) is 0 Å². The number of aliphatic hydroxyl groups excluding tert-OH is 1. The van der Waals surface area contributed by atoms with Gasteiger partial charge in [0.1, 0.15) is 11.5 Å². The van der Waals surface area contributed by atoms with E-state index in [1.807, 2.05) is 12.1 Å². The number of aryl methyl sites for hydroxylation is 1. The van der Waals surface area contributed by atoms with Crippen LogP contribution in [0, 0.1) is 5.92 Å². The van der Waals surface area contributed by atoms with Gasteiger partial charge in [-0.3, -0.25) is 0 Å². The first kappa shape index (κ1) is 15.7. The smallest absolute Gasteiger partial charge is 0.119 e. The number of aromatic hydroxyl groups is 1. The second-order valence-electron chi connectivity index (χ2n) is 5.98. The van der Waals surface area contributed by atoms with Gasteiger partial charge in [0.2, 0.25) is 0 Å². The predicted molar refractivity (Wildman–Crippen MR) is 87.7 cm³/mol. The van der Waals surface area contributed by atoms with Gasteiger partial charge in [-0.25, -0.2) is 0 Å². The van der Waals surface area contributed by atoms with Crippen LogP contribution >= 0.6 is 0 Å². The van der Waals surface area contributed by atoms with Crippen molar-refractivity contribution in [3.05, 3.63) is 52.8 Å². The number of benzene rings is 1. The molecule has 1 aromatic rings. The summed E-state index contributed by atoms with van der Waals surface area (Å²) in [6.07, 6.45) is 7.87. The summed E-state index contributed by atoms with van der Waals surface area (Å²) >= 11 is 0. The minimum Gasteiger partial charge on any atom is -0.508 e. The lowest BCUT2D eigenvalue weighted by molar-refractivity contribution is 0.391. The Labute approximate surface area is 127 Å². The van der Waals surface area contributed by atoms with E-state index in [0.29, 0.717) is 11.5 Å². The van der Waals surface area contributed by atoms with Crippen LogP contribution in [0.1, 0.15) is 57.1 Å². The van der Waals surface area contributed by atoms with Gasteiger partial charge in [0.25, 0.3) is 0 Å². The summed E-state index contributed by atoms with van der Waals surface area (Å²) in [5.74, 6) is 1.12. The molecule has 2 heteroatoms. The highest BCUT2D eigenvalue weighted by molar-refractivity contribution is 5.45. The summed E-state index contributed by atoms with van der Waals surface area (Å²) in [6.45, 7) is 6.43. The summed E-state index contributed by atoms with van der Waals surface area (Å²) in [4.78, 5) is 0. The first-order chi connectivity index (χ1) is 10.1. The maximum atomic E-state index is 10.2. The molecule has 2 nitrogen and oxygen atoms in total. The van der Waals surface area contributed by atoms with Crippen molar-refractivity contribution in [2.24, 2.45) is 5.92 Å². The first-order valence-electron chi connectivity index (χ1n) is 8.00. The van der Waals surface area contributed by atoms with Crippen molar-refractivity contribution in [1.82, 2.24) is 0 Å². The van der Waals surface area contributed by atoms with E-state index in [4.69, 9.17) is 0 Å². The van der Waals surface area contributed by atoms with Gasteiger partial charge in [-0.05, 0) is 42.0 Å². The number of aliphatic hydroxyl groups is 1. The number of phenols is 1. The van der Waals surface area contributed by atoms with Gasteiger partial charge >= 0.3 is 0 Å². The van der Waals surface area contributed by atoms with Gasteiger partial charge in [-0.15, -0.1) is 0 Å². The Kier molecular flexibility index (Phi) is 5.11. The van der Waals surface area contributed by atoms with Crippen LogP contribution in [-0.4, -0.2) is 10.2 Å². The Balaban J connectivity index is 2.35. The highest BCUT2D eigenvalue weighted by Crippen LogP contribution is 2.41. The molecule has 1 aliphatic rings. The Morgan fingerprint density at radius 1 is 1.05 bits per heavy atom. The molecule has 0 fully saturated rings. The summed E-state index contributed by atoms with van der Waals surface area (Å²) in [6, 6.07) is 5.93. The zero-order valence-electron chi connectivity index (χ0n) is 13.3. The van der Waals surface area contributed by atoms with Gasteiger partial charge in [0, 0.05) is 11.5 Å². The average molecular weight is 286 g/mol. The van der Waals surface area contributed by atoms with Crippen molar-refractivity contribution in [3.8, 4) is 5.75 Å². The monoisotopic (exact) mass is 286 g/mol. The van der Waals surface area contributed by atoms with Gasteiger partial charge < -0.3 is 10.2 Å². The molecule has 2 N–H and O–H groups in total. The molecule has 0 spiro atoms. The highest BCUT2D eigenvalue weighted by atomic mass is 16.3. The molecular formula is C19H26O2. The molecule has 114 valence electrons. The molecule has 0 radical (unpaired) electrons. The molecular weight excluding hydrogens is 260 g/mol. The largest absolute Gasteiger partial charge is 0.508 e. The van der Waals surface area contributed by atoms with Crippen LogP contribution in [0.5, 0.6) is 5.75 Å². The topological polar surface area (TPSA) is 40.5 Å². The lowest BCUT2D eigenvalue weighted by Gasteiger charge is -2.29. The molecule has 0 saturated carbocycles. The van der Waals surface area contributed by atoms with Crippen LogP contribution in [0.4, 0.5) is 0 Å². The number of allylic oxidation sites excluding steroid dienone is 3. The van der Waals surface area contributed by atoms with Crippen molar-refractivity contribution in [3.63, 3.8) is 0 Å². The Morgan fingerprint density at radius 2 is 1.76 bits per heavy atom. The second-order valence-corrected chi connectivity index (χ2v) is 5.98. The molecule has 2 unspecified atom stereocenters. The number of hydrogen-bond acceptors (Lipinski definition) is 2. The van der Waals surface area contributed by atoms with Crippen LogP contribution in [0.2, 0.25) is 0 Å². The molecule has 21 heavy (non-hydrogen) atoms. The molecule has 1 aliphatic carbocycles. The van der Waals surface area contributed by atoms with E-state index < -0.39 is 0 Å². The Morgan fingerprint density at radius 3 is 2.43 bits per heavy atom. The van der Waals surface area contributed by atoms with Gasteiger partial charge in [0.15, 0.2) is 0 Å². The predicted octanol–water partition coefficient (Wildman–Crippen LogP) is 5.25. The fourth-order valence-electron chi connectivity index (χ4n) is 3.23. The van der Waals surface area contributed by atoms with Crippen molar-refractivity contribution in [2.75, 3.05) is 0 Å². The Bertz CT molecular complexity index is 555. The number of rotatable bonds is 5. The lowest BCUT2D eigenvalue weighted by Crippen LogP contribution is -2.16. The fourth-order valence-corrected chi connectivity index (χ4v) is 3.23. The molecule has 0 aliphatic heterocycles. The minimum atomic E-state index is 0.138. The average Bonchev–Trinajstić information content (AvgIpc) is 2.46. The van der Waals surface area contributed by atoms with Crippen LogP contribution in [0.3, 0.4) is 0 Å². The van der Waals surface area contributed by atoms with E-state index in [0.717, 1.165) is 36.8 Å². The van der Waals surface area contributed by atoms with Crippen molar-refractivity contribution >= 4 is 0 Å². The Hall–Kier alpha value is -1.70. The second kappa shape index (κ2) is 6.84. The van der Waals surface area contributed by atoms with E-state index >= 15 is 0 Å². The SMILES string of the molecule is CCCC1=C(O)C=CC(c2cc(CCC)ccc2O)C1C. The fraction of sp³-hybridized carbons (Fsp3) is 0.474. The molecule has 1 aromatic carbocycles.